The molecular formula is C12H18ClN3O2S. The Labute approximate surface area is 119 Å². The molecule has 106 valence electrons. The zero-order chi connectivity index (χ0) is 14.0. The lowest BCUT2D eigenvalue weighted by Crippen LogP contribution is -2.52. The molecule has 1 aliphatic rings. The maximum atomic E-state index is 12.6. The van der Waals surface area contributed by atoms with Crippen molar-refractivity contribution >= 4 is 21.6 Å². The molecule has 0 aliphatic carbocycles. The highest BCUT2D eigenvalue weighted by atomic mass is 35.5. The zero-order valence-corrected chi connectivity index (χ0v) is 12.7. The van der Waals surface area contributed by atoms with E-state index < -0.39 is 10.0 Å². The van der Waals surface area contributed by atoms with Crippen LogP contribution in [0.25, 0.3) is 0 Å². The third-order valence-corrected chi connectivity index (χ3v) is 5.86. The van der Waals surface area contributed by atoms with E-state index in [2.05, 4.69) is 16.8 Å². The van der Waals surface area contributed by atoms with Gasteiger partial charge in [-0.25, -0.2) is 13.4 Å². The molecule has 0 radical (unpaired) electrons. The van der Waals surface area contributed by atoms with Crippen molar-refractivity contribution in [3.05, 3.63) is 23.5 Å². The molecule has 1 saturated heterocycles. The molecule has 0 saturated carbocycles. The summed E-state index contributed by atoms with van der Waals surface area (Å²) in [5.74, 6) is 0. The number of aromatic nitrogens is 1. The van der Waals surface area contributed by atoms with Crippen LogP contribution < -0.4 is 0 Å². The van der Waals surface area contributed by atoms with E-state index in [1.54, 1.807) is 6.07 Å². The van der Waals surface area contributed by atoms with Crippen LogP contribution in [0.1, 0.15) is 13.3 Å². The highest BCUT2D eigenvalue weighted by molar-refractivity contribution is 7.89. The SMILES string of the molecule is CCC1CN(S(=O)(=O)c2cccnc2Cl)CCN1C. The standard InChI is InChI=1S/C12H18ClN3O2S/c1-3-10-9-16(8-7-15(10)2)19(17,18)11-5-4-6-14-12(11)13/h4-6,10H,3,7-9H2,1-2H3. The second-order valence-corrected chi connectivity index (χ2v) is 6.96. The Morgan fingerprint density at radius 2 is 2.21 bits per heavy atom. The van der Waals surface area contributed by atoms with Crippen molar-refractivity contribution in [1.29, 1.82) is 0 Å². The quantitative estimate of drug-likeness (QED) is 0.793. The van der Waals surface area contributed by atoms with Gasteiger partial charge in [0.1, 0.15) is 10.0 Å². The Balaban J connectivity index is 2.28. The predicted molar refractivity (Wildman–Crippen MR) is 74.7 cm³/mol. The first-order valence-corrected chi connectivity index (χ1v) is 8.09. The number of nitrogens with zero attached hydrogens (tertiary/aromatic N) is 3. The van der Waals surface area contributed by atoms with Crippen LogP contribution in [0.2, 0.25) is 5.15 Å². The van der Waals surface area contributed by atoms with Crippen LogP contribution in [-0.2, 0) is 10.0 Å². The van der Waals surface area contributed by atoms with E-state index in [4.69, 9.17) is 11.6 Å². The molecule has 5 nitrogen and oxygen atoms in total. The van der Waals surface area contributed by atoms with Gasteiger partial charge in [0.2, 0.25) is 10.0 Å². The molecule has 7 heteroatoms. The molecule has 1 unspecified atom stereocenters. The molecule has 0 spiro atoms. The van der Waals surface area contributed by atoms with E-state index in [1.165, 1.54) is 16.6 Å². The van der Waals surface area contributed by atoms with Gasteiger partial charge >= 0.3 is 0 Å². The largest absolute Gasteiger partial charge is 0.301 e. The third-order valence-electron chi connectivity index (χ3n) is 3.55. The second-order valence-electron chi connectivity index (χ2n) is 4.70. The van der Waals surface area contributed by atoms with E-state index >= 15 is 0 Å². The summed E-state index contributed by atoms with van der Waals surface area (Å²) in [6, 6.07) is 3.34. The fourth-order valence-electron chi connectivity index (χ4n) is 2.28. The van der Waals surface area contributed by atoms with Crippen molar-refractivity contribution in [2.24, 2.45) is 0 Å². The Bertz CT molecular complexity index is 550. The molecule has 1 fully saturated rings. The van der Waals surface area contributed by atoms with Crippen LogP contribution in [0.15, 0.2) is 23.2 Å². The van der Waals surface area contributed by atoms with Gasteiger partial charge in [0.25, 0.3) is 0 Å². The number of hydrogen-bond donors (Lipinski definition) is 0. The van der Waals surface area contributed by atoms with Crippen molar-refractivity contribution < 1.29 is 8.42 Å². The van der Waals surface area contributed by atoms with E-state index in [0.717, 1.165) is 13.0 Å². The fraction of sp³-hybridized carbons (Fsp3) is 0.583. The molecule has 2 rings (SSSR count). The predicted octanol–water partition coefficient (Wildman–Crippen LogP) is 1.45. The Morgan fingerprint density at radius 1 is 1.47 bits per heavy atom. The summed E-state index contributed by atoms with van der Waals surface area (Å²) in [6.07, 6.45) is 2.41. The van der Waals surface area contributed by atoms with E-state index in [0.29, 0.717) is 13.1 Å². The number of hydrogen-bond acceptors (Lipinski definition) is 4. The highest BCUT2D eigenvalue weighted by Crippen LogP contribution is 2.24. The van der Waals surface area contributed by atoms with E-state index in [-0.39, 0.29) is 16.1 Å². The molecule has 0 bridgehead atoms. The van der Waals surface area contributed by atoms with Gasteiger partial charge in [0.15, 0.2) is 0 Å². The van der Waals surface area contributed by atoms with Crippen molar-refractivity contribution in [2.75, 3.05) is 26.7 Å². The highest BCUT2D eigenvalue weighted by Gasteiger charge is 2.33. The van der Waals surface area contributed by atoms with Gasteiger partial charge in [0.05, 0.1) is 0 Å². The molecular weight excluding hydrogens is 286 g/mol. The van der Waals surface area contributed by atoms with Crippen LogP contribution in [0.4, 0.5) is 0 Å². The second kappa shape index (κ2) is 5.75. The van der Waals surface area contributed by atoms with Crippen molar-refractivity contribution in [3.8, 4) is 0 Å². The average Bonchev–Trinajstić information content (AvgIpc) is 2.39. The Kier molecular flexibility index (Phi) is 4.45. The molecule has 2 heterocycles. The normalized spacial score (nSPS) is 22.6. The summed E-state index contributed by atoms with van der Waals surface area (Å²) >= 11 is 5.90. The molecule has 0 N–H and O–H groups in total. The van der Waals surface area contributed by atoms with E-state index in [1.807, 2.05) is 7.05 Å². The summed E-state index contributed by atoms with van der Waals surface area (Å²) in [7, 11) is -1.52. The average molecular weight is 304 g/mol. The third kappa shape index (κ3) is 2.91. The number of likely N-dealkylation sites (N-methyl/N-ethyl adjacent to an activating group) is 1. The molecule has 0 amide bonds. The molecule has 1 atom stereocenters. The summed E-state index contributed by atoms with van der Waals surface area (Å²) in [4.78, 5) is 6.13. The summed E-state index contributed by atoms with van der Waals surface area (Å²) in [5, 5.41) is 0.0366. The van der Waals surface area contributed by atoms with Crippen LogP contribution in [0.3, 0.4) is 0 Å². The molecule has 1 aromatic heterocycles. The van der Waals surface area contributed by atoms with Crippen LogP contribution >= 0.6 is 11.6 Å². The van der Waals surface area contributed by atoms with Crippen LogP contribution in [0, 0.1) is 0 Å². The zero-order valence-electron chi connectivity index (χ0n) is 11.1. The van der Waals surface area contributed by atoms with Gasteiger partial charge in [-0.2, -0.15) is 4.31 Å². The van der Waals surface area contributed by atoms with Gasteiger partial charge in [-0.1, -0.05) is 18.5 Å². The first kappa shape index (κ1) is 14.7. The Hall–Kier alpha value is -0.690. The fourth-order valence-corrected chi connectivity index (χ4v) is 4.18. The van der Waals surface area contributed by atoms with E-state index in [9.17, 15) is 8.42 Å². The van der Waals surface area contributed by atoms with Crippen molar-refractivity contribution in [2.45, 2.75) is 24.3 Å². The van der Waals surface area contributed by atoms with Crippen LogP contribution in [0.5, 0.6) is 0 Å². The Morgan fingerprint density at radius 3 is 2.84 bits per heavy atom. The minimum absolute atomic E-state index is 0.0366. The molecule has 0 aromatic carbocycles. The minimum atomic E-state index is -3.55. The van der Waals surface area contributed by atoms with Gasteiger partial charge in [-0.3, -0.25) is 0 Å². The minimum Gasteiger partial charge on any atom is -0.301 e. The first-order valence-electron chi connectivity index (χ1n) is 6.27. The smallest absolute Gasteiger partial charge is 0.246 e. The number of pyridine rings is 1. The van der Waals surface area contributed by atoms with Gasteiger partial charge in [-0.15, -0.1) is 0 Å². The topological polar surface area (TPSA) is 53.5 Å². The monoisotopic (exact) mass is 303 g/mol. The lowest BCUT2D eigenvalue weighted by molar-refractivity contribution is 0.144. The number of sulfonamides is 1. The lowest BCUT2D eigenvalue weighted by Gasteiger charge is -2.38. The maximum Gasteiger partial charge on any atom is 0.246 e. The summed E-state index contributed by atoms with van der Waals surface area (Å²) < 4.78 is 26.6. The summed E-state index contributed by atoms with van der Waals surface area (Å²) in [5.41, 5.74) is 0. The molecule has 19 heavy (non-hydrogen) atoms. The van der Waals surface area contributed by atoms with Crippen molar-refractivity contribution in [1.82, 2.24) is 14.2 Å². The number of piperazine rings is 1. The number of halogens is 1. The molecule has 1 aromatic rings. The summed E-state index contributed by atoms with van der Waals surface area (Å²) in [6.45, 7) is 3.78. The van der Waals surface area contributed by atoms with Gasteiger partial charge in [-0.05, 0) is 25.6 Å². The molecule has 1 aliphatic heterocycles. The van der Waals surface area contributed by atoms with Gasteiger partial charge in [0, 0.05) is 31.9 Å². The van der Waals surface area contributed by atoms with Crippen molar-refractivity contribution in [3.63, 3.8) is 0 Å². The first-order chi connectivity index (χ1) is 8.96. The van der Waals surface area contributed by atoms with Gasteiger partial charge < -0.3 is 4.90 Å². The maximum absolute atomic E-state index is 12.6. The lowest BCUT2D eigenvalue weighted by atomic mass is 10.1. The van der Waals surface area contributed by atoms with Crippen LogP contribution in [-0.4, -0.2) is 55.3 Å². The number of rotatable bonds is 3.